The second-order valence-corrected chi connectivity index (χ2v) is 6.09. The molecule has 5 nitrogen and oxygen atoms in total. The normalized spacial score (nSPS) is 9.97. The lowest BCUT2D eigenvalue weighted by atomic mass is 10.1. The molecule has 0 aliphatic heterocycles. The minimum Gasteiger partial charge on any atom is -0.494 e. The Labute approximate surface area is 170 Å². The predicted octanol–water partition coefficient (Wildman–Crippen LogP) is 3.82. The summed E-state index contributed by atoms with van der Waals surface area (Å²) in [6.45, 7) is 2.96. The molecule has 0 bridgehead atoms. The third-order valence-electron chi connectivity index (χ3n) is 4.05. The Bertz CT molecular complexity index is 997. The van der Waals surface area contributed by atoms with Gasteiger partial charge in [-0.05, 0) is 42.6 Å². The highest BCUT2D eigenvalue weighted by molar-refractivity contribution is 5.88. The van der Waals surface area contributed by atoms with E-state index in [9.17, 15) is 4.79 Å². The number of fused-ring (bicyclic) bond motifs is 1. The summed E-state index contributed by atoms with van der Waals surface area (Å²) in [4.78, 5) is 11.8. The van der Waals surface area contributed by atoms with Gasteiger partial charge in [-0.1, -0.05) is 48.2 Å². The van der Waals surface area contributed by atoms with Crippen molar-refractivity contribution in [2.45, 2.75) is 6.92 Å². The van der Waals surface area contributed by atoms with Crippen LogP contribution in [0.15, 0.2) is 66.7 Å². The number of amides is 1. The third-order valence-corrected chi connectivity index (χ3v) is 4.05. The lowest BCUT2D eigenvalue weighted by molar-refractivity contribution is -0.122. The Morgan fingerprint density at radius 1 is 0.862 bits per heavy atom. The highest BCUT2D eigenvalue weighted by atomic mass is 16.5. The van der Waals surface area contributed by atoms with E-state index in [1.165, 1.54) is 0 Å². The molecule has 0 aromatic heterocycles. The molecule has 1 N–H and O–H groups in total. The van der Waals surface area contributed by atoms with Crippen LogP contribution in [0.3, 0.4) is 0 Å². The zero-order chi connectivity index (χ0) is 20.3. The van der Waals surface area contributed by atoms with Gasteiger partial charge in [0.1, 0.15) is 23.9 Å². The van der Waals surface area contributed by atoms with Crippen LogP contribution in [0.5, 0.6) is 17.2 Å². The summed E-state index contributed by atoms with van der Waals surface area (Å²) >= 11 is 0. The summed E-state index contributed by atoms with van der Waals surface area (Å²) in [6.07, 6.45) is 0. The Morgan fingerprint density at radius 2 is 1.59 bits per heavy atom. The van der Waals surface area contributed by atoms with E-state index in [1.807, 2.05) is 49.4 Å². The molecule has 3 rings (SSSR count). The van der Waals surface area contributed by atoms with E-state index < -0.39 is 0 Å². The predicted molar refractivity (Wildman–Crippen MR) is 113 cm³/mol. The molecule has 148 valence electrons. The maximum atomic E-state index is 11.8. The summed E-state index contributed by atoms with van der Waals surface area (Å²) < 4.78 is 16.5. The van der Waals surface area contributed by atoms with Crippen LogP contribution in [-0.2, 0) is 4.79 Å². The molecule has 5 heteroatoms. The standard InChI is InChI=1S/C24H23NO4/c1-2-27-20-12-14-21(15-13-20)29-18-24(26)25-16-5-6-17-28-23-11-7-9-19-8-3-4-10-22(19)23/h3-4,7-15H,2,16-18H2,1H3,(H,25,26). The van der Waals surface area contributed by atoms with Gasteiger partial charge < -0.3 is 19.5 Å². The smallest absolute Gasteiger partial charge is 0.258 e. The molecule has 0 heterocycles. The molecule has 3 aromatic carbocycles. The second kappa shape index (κ2) is 10.6. The van der Waals surface area contributed by atoms with Crippen LogP contribution in [0.25, 0.3) is 10.8 Å². The lowest BCUT2D eigenvalue weighted by Crippen LogP contribution is -2.29. The number of hydrogen-bond acceptors (Lipinski definition) is 4. The van der Waals surface area contributed by atoms with E-state index in [4.69, 9.17) is 14.2 Å². The monoisotopic (exact) mass is 389 g/mol. The van der Waals surface area contributed by atoms with Gasteiger partial charge in [-0.2, -0.15) is 0 Å². The fourth-order valence-electron chi connectivity index (χ4n) is 2.69. The Morgan fingerprint density at radius 3 is 2.38 bits per heavy atom. The van der Waals surface area contributed by atoms with E-state index in [0.29, 0.717) is 12.4 Å². The summed E-state index contributed by atoms with van der Waals surface area (Å²) in [5.41, 5.74) is 0. The van der Waals surface area contributed by atoms with E-state index in [0.717, 1.165) is 22.3 Å². The van der Waals surface area contributed by atoms with Crippen molar-refractivity contribution < 1.29 is 19.0 Å². The summed E-state index contributed by atoms with van der Waals surface area (Å²) in [5, 5.41) is 4.87. The van der Waals surface area contributed by atoms with Crippen molar-refractivity contribution in [2.75, 3.05) is 26.4 Å². The van der Waals surface area contributed by atoms with Gasteiger partial charge in [-0.3, -0.25) is 4.79 Å². The van der Waals surface area contributed by atoms with Gasteiger partial charge in [0.25, 0.3) is 5.91 Å². The molecule has 0 saturated heterocycles. The molecule has 1 amide bonds. The highest BCUT2D eigenvalue weighted by Gasteiger charge is 2.02. The van der Waals surface area contributed by atoms with Crippen LogP contribution in [0.4, 0.5) is 0 Å². The molecular formula is C24H23NO4. The van der Waals surface area contributed by atoms with Crippen LogP contribution in [0, 0.1) is 11.8 Å². The number of benzene rings is 3. The van der Waals surface area contributed by atoms with E-state index in [-0.39, 0.29) is 25.7 Å². The van der Waals surface area contributed by atoms with Crippen LogP contribution in [0.1, 0.15) is 6.92 Å². The van der Waals surface area contributed by atoms with Crippen LogP contribution in [0.2, 0.25) is 0 Å². The number of nitrogens with one attached hydrogen (secondary N) is 1. The van der Waals surface area contributed by atoms with E-state index in [1.54, 1.807) is 24.3 Å². The number of hydrogen-bond donors (Lipinski definition) is 1. The summed E-state index contributed by atoms with van der Waals surface area (Å²) in [6, 6.07) is 21.1. The molecule has 0 aliphatic rings. The van der Waals surface area contributed by atoms with Crippen molar-refractivity contribution in [1.82, 2.24) is 5.32 Å². The molecule has 0 spiro atoms. The second-order valence-electron chi connectivity index (χ2n) is 6.09. The van der Waals surface area contributed by atoms with Crippen molar-refractivity contribution in [2.24, 2.45) is 0 Å². The number of rotatable bonds is 8. The average Bonchev–Trinajstić information content (AvgIpc) is 2.76. The Hall–Kier alpha value is -3.65. The van der Waals surface area contributed by atoms with Gasteiger partial charge in [0.15, 0.2) is 6.61 Å². The first-order valence-electron chi connectivity index (χ1n) is 9.45. The fraction of sp³-hybridized carbons (Fsp3) is 0.208. The molecule has 3 aromatic rings. The van der Waals surface area contributed by atoms with Gasteiger partial charge >= 0.3 is 0 Å². The molecule has 0 radical (unpaired) electrons. The number of carbonyl (C=O) groups is 1. The van der Waals surface area contributed by atoms with Crippen molar-refractivity contribution in [1.29, 1.82) is 0 Å². The zero-order valence-electron chi connectivity index (χ0n) is 16.3. The molecule has 29 heavy (non-hydrogen) atoms. The fourth-order valence-corrected chi connectivity index (χ4v) is 2.69. The van der Waals surface area contributed by atoms with Crippen LogP contribution in [-0.4, -0.2) is 32.3 Å². The minimum absolute atomic E-state index is 0.0673. The summed E-state index contributed by atoms with van der Waals surface area (Å²) in [7, 11) is 0. The maximum Gasteiger partial charge on any atom is 0.258 e. The lowest BCUT2D eigenvalue weighted by Gasteiger charge is -2.07. The van der Waals surface area contributed by atoms with Gasteiger partial charge in [0.2, 0.25) is 0 Å². The van der Waals surface area contributed by atoms with Crippen LogP contribution >= 0.6 is 0 Å². The Kier molecular flexibility index (Phi) is 7.36. The van der Waals surface area contributed by atoms with Crippen molar-refractivity contribution in [3.63, 3.8) is 0 Å². The first kappa shape index (κ1) is 20.1. The molecular weight excluding hydrogens is 366 g/mol. The Balaban J connectivity index is 1.37. The molecule has 0 saturated carbocycles. The number of carbonyl (C=O) groups excluding carboxylic acids is 1. The zero-order valence-corrected chi connectivity index (χ0v) is 16.3. The van der Waals surface area contributed by atoms with Crippen molar-refractivity contribution in [3.8, 4) is 29.1 Å². The van der Waals surface area contributed by atoms with Crippen molar-refractivity contribution >= 4 is 16.7 Å². The van der Waals surface area contributed by atoms with Crippen molar-refractivity contribution in [3.05, 3.63) is 66.7 Å². The third kappa shape index (κ3) is 6.18. The molecule has 0 fully saturated rings. The highest BCUT2D eigenvalue weighted by Crippen LogP contribution is 2.24. The van der Waals surface area contributed by atoms with Gasteiger partial charge in [0.05, 0.1) is 13.2 Å². The number of ether oxygens (including phenoxy) is 3. The first-order valence-corrected chi connectivity index (χ1v) is 9.45. The quantitative estimate of drug-likeness (QED) is 0.595. The molecule has 0 unspecified atom stereocenters. The average molecular weight is 389 g/mol. The largest absolute Gasteiger partial charge is 0.494 e. The van der Waals surface area contributed by atoms with Gasteiger partial charge in [0, 0.05) is 5.39 Å². The maximum absolute atomic E-state index is 11.8. The molecule has 0 atom stereocenters. The molecule has 0 aliphatic carbocycles. The van der Waals surface area contributed by atoms with Gasteiger partial charge in [-0.25, -0.2) is 0 Å². The van der Waals surface area contributed by atoms with E-state index >= 15 is 0 Å². The minimum atomic E-state index is -0.233. The first-order chi connectivity index (χ1) is 14.3. The topological polar surface area (TPSA) is 56.8 Å². The SMILES string of the molecule is CCOc1ccc(OCC(=O)NCC#CCOc2cccc3ccccc23)cc1. The summed E-state index contributed by atoms with van der Waals surface area (Å²) in [5.74, 6) is 7.72. The van der Waals surface area contributed by atoms with Crippen LogP contribution < -0.4 is 19.5 Å². The van der Waals surface area contributed by atoms with E-state index in [2.05, 4.69) is 17.2 Å². The van der Waals surface area contributed by atoms with Gasteiger partial charge in [-0.15, -0.1) is 0 Å².